The first-order valence-corrected chi connectivity index (χ1v) is 6.16. The number of benzene rings is 1. The number of ether oxygens (including phenoxy) is 2. The number of nitrogens with one attached hydrogen (secondary N) is 1. The topological polar surface area (TPSA) is 30.5 Å². The second-order valence-electron chi connectivity index (χ2n) is 4.88. The molecular formula is C15H19NO2. The highest BCUT2D eigenvalue weighted by Crippen LogP contribution is 2.24. The molecule has 2 rings (SSSR count). The molecule has 2 atom stereocenters. The summed E-state index contributed by atoms with van der Waals surface area (Å²) in [5.74, 6) is 2.20. The Morgan fingerprint density at radius 3 is 2.72 bits per heavy atom. The Kier molecular flexibility index (Phi) is 4.03. The highest BCUT2D eigenvalue weighted by Gasteiger charge is 2.36. The van der Waals surface area contributed by atoms with Gasteiger partial charge in [-0.15, -0.1) is 6.42 Å². The fourth-order valence-electron chi connectivity index (χ4n) is 2.00. The molecule has 0 unspecified atom stereocenters. The Balaban J connectivity index is 1.89. The van der Waals surface area contributed by atoms with Gasteiger partial charge in [-0.25, -0.2) is 0 Å². The first-order valence-electron chi connectivity index (χ1n) is 6.16. The number of hydrogen-bond donors (Lipinski definition) is 1. The van der Waals surface area contributed by atoms with Crippen LogP contribution in [0.1, 0.15) is 19.4 Å². The van der Waals surface area contributed by atoms with Crippen molar-refractivity contribution in [3.63, 3.8) is 0 Å². The van der Waals surface area contributed by atoms with Gasteiger partial charge in [0.1, 0.15) is 6.10 Å². The summed E-state index contributed by atoms with van der Waals surface area (Å²) in [4.78, 5) is 0. The van der Waals surface area contributed by atoms with E-state index in [-0.39, 0.29) is 12.1 Å². The first kappa shape index (κ1) is 13.1. The van der Waals surface area contributed by atoms with Gasteiger partial charge in [-0.1, -0.05) is 36.3 Å². The van der Waals surface area contributed by atoms with Gasteiger partial charge in [0.25, 0.3) is 0 Å². The van der Waals surface area contributed by atoms with Gasteiger partial charge in [-0.05, 0) is 19.4 Å². The lowest BCUT2D eigenvalue weighted by molar-refractivity contribution is -0.139. The van der Waals surface area contributed by atoms with Gasteiger partial charge in [0.05, 0.1) is 12.6 Å². The molecule has 1 fully saturated rings. The quantitative estimate of drug-likeness (QED) is 0.822. The summed E-state index contributed by atoms with van der Waals surface area (Å²) in [6, 6.07) is 10.0. The van der Waals surface area contributed by atoms with Gasteiger partial charge < -0.3 is 9.47 Å². The SMILES string of the molecule is C#C[C@H](NCc1ccccc1)[C@H]1COC(C)(C)O1. The molecule has 18 heavy (non-hydrogen) atoms. The summed E-state index contributed by atoms with van der Waals surface area (Å²) in [6.07, 6.45) is 5.47. The third-order valence-corrected chi connectivity index (χ3v) is 2.95. The van der Waals surface area contributed by atoms with E-state index < -0.39 is 5.79 Å². The molecule has 1 saturated heterocycles. The summed E-state index contributed by atoms with van der Waals surface area (Å²) in [6.45, 7) is 5.06. The lowest BCUT2D eigenvalue weighted by atomic mass is 10.1. The molecule has 3 nitrogen and oxygen atoms in total. The van der Waals surface area contributed by atoms with Gasteiger partial charge in [0.15, 0.2) is 5.79 Å². The third-order valence-electron chi connectivity index (χ3n) is 2.95. The molecule has 1 aromatic carbocycles. The van der Waals surface area contributed by atoms with E-state index in [0.717, 1.165) is 6.54 Å². The van der Waals surface area contributed by atoms with Crippen LogP contribution in [0.25, 0.3) is 0 Å². The second-order valence-corrected chi connectivity index (χ2v) is 4.88. The molecule has 1 N–H and O–H groups in total. The van der Waals surface area contributed by atoms with Gasteiger partial charge in [0.2, 0.25) is 0 Å². The van der Waals surface area contributed by atoms with Crippen LogP contribution in [0.3, 0.4) is 0 Å². The zero-order valence-corrected chi connectivity index (χ0v) is 10.8. The van der Waals surface area contributed by atoms with E-state index in [1.165, 1.54) is 5.56 Å². The fourth-order valence-corrected chi connectivity index (χ4v) is 2.00. The minimum absolute atomic E-state index is 0.0892. The lowest BCUT2D eigenvalue weighted by Crippen LogP contribution is -2.40. The minimum Gasteiger partial charge on any atom is -0.348 e. The van der Waals surface area contributed by atoms with E-state index in [4.69, 9.17) is 15.9 Å². The molecule has 1 heterocycles. The van der Waals surface area contributed by atoms with Crippen molar-refractivity contribution in [1.29, 1.82) is 0 Å². The Bertz CT molecular complexity index is 422. The molecule has 0 bridgehead atoms. The Morgan fingerprint density at radius 1 is 1.44 bits per heavy atom. The van der Waals surface area contributed by atoms with Crippen LogP contribution in [0.5, 0.6) is 0 Å². The van der Waals surface area contributed by atoms with Crippen molar-refractivity contribution in [2.45, 2.75) is 38.3 Å². The van der Waals surface area contributed by atoms with Crippen molar-refractivity contribution < 1.29 is 9.47 Å². The van der Waals surface area contributed by atoms with Crippen molar-refractivity contribution >= 4 is 0 Å². The van der Waals surface area contributed by atoms with Gasteiger partial charge in [-0.3, -0.25) is 5.32 Å². The highest BCUT2D eigenvalue weighted by molar-refractivity contribution is 5.15. The number of hydrogen-bond acceptors (Lipinski definition) is 3. The van der Waals surface area contributed by atoms with E-state index in [2.05, 4.69) is 23.4 Å². The van der Waals surface area contributed by atoms with Crippen LogP contribution in [-0.4, -0.2) is 24.5 Å². The molecule has 0 saturated carbocycles. The van der Waals surface area contributed by atoms with Crippen LogP contribution in [0.15, 0.2) is 30.3 Å². The maximum Gasteiger partial charge on any atom is 0.163 e. The largest absolute Gasteiger partial charge is 0.348 e. The van der Waals surface area contributed by atoms with Crippen LogP contribution < -0.4 is 5.32 Å². The molecule has 0 aliphatic carbocycles. The van der Waals surface area contributed by atoms with Crippen LogP contribution in [0, 0.1) is 12.3 Å². The maximum absolute atomic E-state index is 5.76. The Morgan fingerprint density at radius 2 is 2.17 bits per heavy atom. The summed E-state index contributed by atoms with van der Waals surface area (Å²) in [5, 5.41) is 3.32. The standard InChI is InChI=1S/C15H19NO2/c1-4-13(14-11-17-15(2,3)18-14)16-10-12-8-6-5-7-9-12/h1,5-9,13-14,16H,10-11H2,2-3H3/t13-,14+/m0/s1. The minimum atomic E-state index is -0.534. The monoisotopic (exact) mass is 245 g/mol. The molecule has 0 spiro atoms. The molecule has 0 amide bonds. The highest BCUT2D eigenvalue weighted by atomic mass is 16.7. The van der Waals surface area contributed by atoms with E-state index in [1.807, 2.05) is 32.0 Å². The lowest BCUT2D eigenvalue weighted by Gasteiger charge is -2.21. The summed E-state index contributed by atoms with van der Waals surface area (Å²) in [7, 11) is 0. The summed E-state index contributed by atoms with van der Waals surface area (Å²) < 4.78 is 11.3. The van der Waals surface area contributed by atoms with Crippen molar-refractivity contribution in [3.05, 3.63) is 35.9 Å². The van der Waals surface area contributed by atoms with E-state index in [0.29, 0.717) is 6.61 Å². The van der Waals surface area contributed by atoms with Crippen LogP contribution in [0.2, 0.25) is 0 Å². The average Bonchev–Trinajstić information content (AvgIpc) is 2.72. The number of terminal acetylenes is 1. The molecular weight excluding hydrogens is 226 g/mol. The molecule has 1 aromatic rings. The molecule has 1 aliphatic heterocycles. The predicted octanol–water partition coefficient (Wildman–Crippen LogP) is 1.93. The second kappa shape index (κ2) is 5.53. The van der Waals surface area contributed by atoms with E-state index in [1.54, 1.807) is 0 Å². The third kappa shape index (κ3) is 3.33. The first-order chi connectivity index (χ1) is 8.61. The van der Waals surface area contributed by atoms with E-state index in [9.17, 15) is 0 Å². The normalized spacial score (nSPS) is 23.5. The van der Waals surface area contributed by atoms with Crippen molar-refractivity contribution in [1.82, 2.24) is 5.32 Å². The molecule has 1 aliphatic rings. The summed E-state index contributed by atoms with van der Waals surface area (Å²) >= 11 is 0. The zero-order valence-electron chi connectivity index (χ0n) is 10.8. The molecule has 0 radical (unpaired) electrons. The Labute approximate surface area is 108 Å². The van der Waals surface area contributed by atoms with Crippen molar-refractivity contribution in [2.24, 2.45) is 0 Å². The Hall–Kier alpha value is -1.34. The van der Waals surface area contributed by atoms with Crippen LogP contribution in [-0.2, 0) is 16.0 Å². The van der Waals surface area contributed by atoms with E-state index >= 15 is 0 Å². The fraction of sp³-hybridized carbons (Fsp3) is 0.467. The van der Waals surface area contributed by atoms with Crippen molar-refractivity contribution in [2.75, 3.05) is 6.61 Å². The molecule has 96 valence electrons. The van der Waals surface area contributed by atoms with Crippen LogP contribution >= 0.6 is 0 Å². The summed E-state index contributed by atoms with van der Waals surface area (Å²) in [5.41, 5.74) is 1.20. The smallest absolute Gasteiger partial charge is 0.163 e. The van der Waals surface area contributed by atoms with Gasteiger partial charge in [-0.2, -0.15) is 0 Å². The van der Waals surface area contributed by atoms with Gasteiger partial charge >= 0.3 is 0 Å². The number of rotatable bonds is 4. The van der Waals surface area contributed by atoms with Crippen LogP contribution in [0.4, 0.5) is 0 Å². The zero-order chi connectivity index (χ0) is 13.0. The predicted molar refractivity (Wildman–Crippen MR) is 70.8 cm³/mol. The maximum atomic E-state index is 5.76. The molecule has 3 heteroatoms. The van der Waals surface area contributed by atoms with Crippen molar-refractivity contribution in [3.8, 4) is 12.3 Å². The average molecular weight is 245 g/mol. The van der Waals surface area contributed by atoms with Gasteiger partial charge in [0, 0.05) is 6.54 Å². The molecule has 0 aromatic heterocycles.